The molecule has 0 unspecified atom stereocenters. The van der Waals surface area contributed by atoms with Crippen LogP contribution in [0.2, 0.25) is 0 Å². The van der Waals surface area contributed by atoms with Gasteiger partial charge >= 0.3 is 6.36 Å². The van der Waals surface area contributed by atoms with Crippen LogP contribution >= 0.6 is 11.8 Å². The summed E-state index contributed by atoms with van der Waals surface area (Å²) in [6.07, 6.45) is 1.04. The minimum Gasteiger partial charge on any atom is -0.406 e. The molecule has 0 bridgehead atoms. The Morgan fingerprint density at radius 3 is 2.46 bits per heavy atom. The van der Waals surface area contributed by atoms with Crippen LogP contribution in [-0.2, 0) is 0 Å². The fourth-order valence-corrected chi connectivity index (χ4v) is 2.89. The number of rotatable bonds is 4. The van der Waals surface area contributed by atoms with Gasteiger partial charge in [0.2, 0.25) is 0 Å². The van der Waals surface area contributed by atoms with E-state index in [1.807, 2.05) is 32.1 Å². The fourth-order valence-electron chi connectivity index (χ4n) is 2.12. The molecule has 1 aromatic carbocycles. The molecule has 0 atom stereocenters. The van der Waals surface area contributed by atoms with Crippen LogP contribution in [0.5, 0.6) is 5.75 Å². The number of amidine groups is 1. The predicted molar refractivity (Wildman–Crippen MR) is 93.0 cm³/mol. The minimum absolute atomic E-state index is 0.232. The first-order chi connectivity index (χ1) is 11.2. The Morgan fingerprint density at radius 1 is 1.21 bits per heavy atom. The zero-order valence-electron chi connectivity index (χ0n) is 13.6. The second kappa shape index (κ2) is 7.34. The number of allylic oxidation sites excluding steroid dienone is 1. The maximum atomic E-state index is 12.1. The van der Waals surface area contributed by atoms with Crippen molar-refractivity contribution >= 4 is 23.0 Å². The topological polar surface area (TPSA) is 33.6 Å². The van der Waals surface area contributed by atoms with Crippen molar-refractivity contribution in [3.05, 3.63) is 47.7 Å². The van der Waals surface area contributed by atoms with Gasteiger partial charge in [0.1, 0.15) is 5.75 Å². The van der Waals surface area contributed by atoms with E-state index >= 15 is 0 Å². The predicted octanol–water partition coefficient (Wildman–Crippen LogP) is 4.97. The average molecular weight is 356 g/mol. The number of hydrogen-bond donors (Lipinski definition) is 1. The lowest BCUT2D eigenvalue weighted by atomic mass is 10.0. The minimum atomic E-state index is -4.67. The highest BCUT2D eigenvalue weighted by Crippen LogP contribution is 2.24. The Kier molecular flexibility index (Phi) is 5.64. The number of aliphatic imine (C=N–C) groups is 1. The van der Waals surface area contributed by atoms with Gasteiger partial charge in [0, 0.05) is 5.70 Å². The Hall–Kier alpha value is -1.89. The number of nitrogens with one attached hydrogen (secondary N) is 1. The molecule has 24 heavy (non-hydrogen) atoms. The quantitative estimate of drug-likeness (QED) is 0.827. The van der Waals surface area contributed by atoms with Crippen LogP contribution in [0, 0.1) is 0 Å². The van der Waals surface area contributed by atoms with E-state index in [2.05, 4.69) is 22.0 Å². The molecule has 1 aliphatic rings. The van der Waals surface area contributed by atoms with Crippen LogP contribution in [0.4, 0.5) is 13.2 Å². The number of halogens is 3. The molecule has 0 fully saturated rings. The Balaban J connectivity index is 2.06. The van der Waals surface area contributed by atoms with Crippen LogP contribution in [0.15, 0.2) is 47.1 Å². The van der Waals surface area contributed by atoms with E-state index < -0.39 is 6.36 Å². The summed E-state index contributed by atoms with van der Waals surface area (Å²) >= 11 is 1.63. The highest BCUT2D eigenvalue weighted by atomic mass is 32.2. The molecule has 0 spiro atoms. The van der Waals surface area contributed by atoms with Crippen molar-refractivity contribution in [1.29, 1.82) is 0 Å². The van der Waals surface area contributed by atoms with Gasteiger partial charge in [0.05, 0.1) is 5.54 Å². The summed E-state index contributed by atoms with van der Waals surface area (Å²) in [4.78, 5) is 4.59. The van der Waals surface area contributed by atoms with Crippen molar-refractivity contribution in [2.75, 3.05) is 5.75 Å². The van der Waals surface area contributed by atoms with Gasteiger partial charge in [-0.25, -0.2) is 0 Å². The molecule has 0 saturated carbocycles. The number of benzene rings is 1. The molecule has 1 aliphatic heterocycles. The highest BCUT2D eigenvalue weighted by molar-refractivity contribution is 8.13. The van der Waals surface area contributed by atoms with E-state index in [-0.39, 0.29) is 11.3 Å². The van der Waals surface area contributed by atoms with Crippen LogP contribution in [-0.4, -0.2) is 22.8 Å². The van der Waals surface area contributed by atoms with E-state index in [1.54, 1.807) is 23.9 Å². The van der Waals surface area contributed by atoms with E-state index in [4.69, 9.17) is 0 Å². The van der Waals surface area contributed by atoms with Crippen molar-refractivity contribution < 1.29 is 17.9 Å². The second-order valence-electron chi connectivity index (χ2n) is 5.68. The lowest BCUT2D eigenvalue weighted by Gasteiger charge is -2.25. The summed E-state index contributed by atoms with van der Waals surface area (Å²) in [5.41, 5.74) is 1.38. The lowest BCUT2D eigenvalue weighted by Crippen LogP contribution is -2.31. The molecule has 0 aromatic heterocycles. The molecule has 2 rings (SSSR count). The van der Waals surface area contributed by atoms with E-state index in [0.29, 0.717) is 0 Å². The van der Waals surface area contributed by atoms with Gasteiger partial charge in [-0.15, -0.1) is 13.2 Å². The normalized spacial score (nSPS) is 17.2. The van der Waals surface area contributed by atoms with Crippen LogP contribution in [0.3, 0.4) is 0 Å². The van der Waals surface area contributed by atoms with Crippen molar-refractivity contribution in [2.24, 2.45) is 4.99 Å². The number of nitrogens with zero attached hydrogens (tertiary/aromatic N) is 1. The summed E-state index contributed by atoms with van der Waals surface area (Å²) in [7, 11) is 0. The molecular weight excluding hydrogens is 337 g/mol. The number of hydrogen-bond acceptors (Lipinski definition) is 4. The molecule has 1 heterocycles. The summed E-state index contributed by atoms with van der Waals surface area (Å²) in [5.74, 6) is 0.684. The summed E-state index contributed by atoms with van der Waals surface area (Å²) in [6, 6.07) is 5.73. The zero-order chi connectivity index (χ0) is 17.8. The van der Waals surface area contributed by atoms with Crippen molar-refractivity contribution in [2.45, 2.75) is 32.7 Å². The van der Waals surface area contributed by atoms with Gasteiger partial charge in [-0.3, -0.25) is 4.99 Å². The number of thioether (sulfide) groups is 1. The maximum Gasteiger partial charge on any atom is 0.573 e. The van der Waals surface area contributed by atoms with E-state index in [0.717, 1.165) is 22.2 Å². The third-order valence-corrected chi connectivity index (χ3v) is 3.76. The van der Waals surface area contributed by atoms with Gasteiger partial charge < -0.3 is 10.1 Å². The van der Waals surface area contributed by atoms with Crippen LogP contribution < -0.4 is 10.1 Å². The van der Waals surface area contributed by atoms with E-state index in [1.165, 1.54) is 12.1 Å². The fraction of sp³-hybridized carbons (Fsp3) is 0.353. The van der Waals surface area contributed by atoms with E-state index in [9.17, 15) is 13.2 Å². The summed E-state index contributed by atoms with van der Waals surface area (Å²) in [6.45, 7) is 6.09. The second-order valence-corrected chi connectivity index (χ2v) is 6.93. The third kappa shape index (κ3) is 5.96. The first-order valence-corrected chi connectivity index (χ1v) is 8.42. The molecule has 1 aromatic rings. The lowest BCUT2D eigenvalue weighted by molar-refractivity contribution is -0.274. The molecule has 1 N–H and O–H groups in total. The largest absolute Gasteiger partial charge is 0.573 e. The van der Waals surface area contributed by atoms with Gasteiger partial charge in [-0.2, -0.15) is 0 Å². The highest BCUT2D eigenvalue weighted by Gasteiger charge is 2.30. The first kappa shape index (κ1) is 18.4. The molecule has 7 heteroatoms. The molecule has 130 valence electrons. The average Bonchev–Trinajstić information content (AvgIpc) is 2.43. The Labute approximate surface area is 143 Å². The maximum absolute atomic E-state index is 12.1. The molecule has 0 aliphatic carbocycles. The van der Waals surface area contributed by atoms with Gasteiger partial charge in [-0.1, -0.05) is 36.9 Å². The monoisotopic (exact) mass is 356 g/mol. The Morgan fingerprint density at radius 2 is 1.88 bits per heavy atom. The standard InChI is InChI=1S/C17H19F3N2OS/c1-4-24-15-21-13(11-16(2,3)22-15)8-5-12-6-9-14(10-7-12)23-17(18,19)20/h5-11H,4H2,1-3H3,(H,21,22). The van der Waals surface area contributed by atoms with Crippen molar-refractivity contribution in [3.63, 3.8) is 0 Å². The third-order valence-electron chi connectivity index (χ3n) is 3.00. The molecular formula is C17H19F3N2OS. The molecule has 3 nitrogen and oxygen atoms in total. The van der Waals surface area contributed by atoms with Gasteiger partial charge in [0.25, 0.3) is 0 Å². The summed E-state index contributed by atoms with van der Waals surface area (Å²) < 4.78 is 40.3. The Bertz CT molecular complexity index is 661. The van der Waals surface area contributed by atoms with Crippen molar-refractivity contribution in [3.8, 4) is 5.75 Å². The van der Waals surface area contributed by atoms with Crippen molar-refractivity contribution in [1.82, 2.24) is 5.32 Å². The number of ether oxygens (including phenoxy) is 1. The molecule has 0 radical (unpaired) electrons. The SMILES string of the molecule is CCSC1=NC(C)(C)C=C(C=Cc2ccc(OC(F)(F)F)cc2)N1. The van der Waals surface area contributed by atoms with Crippen LogP contribution in [0.1, 0.15) is 26.3 Å². The molecule has 0 amide bonds. The summed E-state index contributed by atoms with van der Waals surface area (Å²) in [5, 5.41) is 4.10. The first-order valence-electron chi connectivity index (χ1n) is 7.43. The smallest absolute Gasteiger partial charge is 0.406 e. The zero-order valence-corrected chi connectivity index (χ0v) is 14.5. The van der Waals surface area contributed by atoms with Crippen LogP contribution in [0.25, 0.3) is 6.08 Å². The van der Waals surface area contributed by atoms with Gasteiger partial charge in [0.15, 0.2) is 5.17 Å². The molecule has 0 saturated heterocycles. The van der Waals surface area contributed by atoms with Gasteiger partial charge in [-0.05, 0) is 49.4 Å². The number of alkyl halides is 3.